The molecule has 0 radical (unpaired) electrons. The SMILES string of the molecule is Fc1ccc(Oc2ccc(CBr)cc2Cl)c(F)c1. The third-order valence-corrected chi connectivity index (χ3v) is 3.21. The van der Waals surface area contributed by atoms with Gasteiger partial charge in [0.15, 0.2) is 11.6 Å². The minimum atomic E-state index is -0.768. The Morgan fingerprint density at radius 2 is 1.78 bits per heavy atom. The Labute approximate surface area is 116 Å². The van der Waals surface area contributed by atoms with E-state index in [1.165, 1.54) is 6.07 Å². The molecule has 0 aliphatic carbocycles. The molecule has 5 heteroatoms. The molecule has 0 amide bonds. The first-order valence-electron chi connectivity index (χ1n) is 5.07. The van der Waals surface area contributed by atoms with Crippen LogP contribution in [-0.4, -0.2) is 0 Å². The van der Waals surface area contributed by atoms with E-state index in [0.29, 0.717) is 16.1 Å². The third-order valence-electron chi connectivity index (χ3n) is 2.26. The van der Waals surface area contributed by atoms with Crippen molar-refractivity contribution in [3.8, 4) is 11.5 Å². The third kappa shape index (κ3) is 3.00. The fraction of sp³-hybridized carbons (Fsp3) is 0.0769. The molecule has 2 aromatic carbocycles. The largest absolute Gasteiger partial charge is 0.453 e. The molecule has 18 heavy (non-hydrogen) atoms. The van der Waals surface area contributed by atoms with E-state index in [9.17, 15) is 8.78 Å². The zero-order chi connectivity index (χ0) is 13.1. The topological polar surface area (TPSA) is 9.23 Å². The Bertz CT molecular complexity index is 575. The van der Waals surface area contributed by atoms with Crippen LogP contribution in [0.25, 0.3) is 0 Å². The van der Waals surface area contributed by atoms with E-state index in [0.717, 1.165) is 17.7 Å². The van der Waals surface area contributed by atoms with Crippen LogP contribution in [0.3, 0.4) is 0 Å². The number of ether oxygens (including phenoxy) is 1. The molecule has 0 saturated carbocycles. The van der Waals surface area contributed by atoms with E-state index in [2.05, 4.69) is 15.9 Å². The summed E-state index contributed by atoms with van der Waals surface area (Å²) in [5.41, 5.74) is 0.979. The van der Waals surface area contributed by atoms with Gasteiger partial charge in [0.25, 0.3) is 0 Å². The first-order chi connectivity index (χ1) is 8.60. The van der Waals surface area contributed by atoms with Crippen molar-refractivity contribution in [2.75, 3.05) is 0 Å². The predicted octanol–water partition coefficient (Wildman–Crippen LogP) is 5.31. The molecule has 0 aromatic heterocycles. The van der Waals surface area contributed by atoms with Crippen LogP contribution in [0.4, 0.5) is 8.78 Å². The van der Waals surface area contributed by atoms with Gasteiger partial charge in [0.2, 0.25) is 0 Å². The lowest BCUT2D eigenvalue weighted by atomic mass is 10.2. The normalized spacial score (nSPS) is 10.4. The molecule has 0 N–H and O–H groups in total. The molecular weight excluding hydrogens is 325 g/mol. The second-order valence-corrected chi connectivity index (χ2v) is 4.54. The summed E-state index contributed by atoms with van der Waals surface area (Å²) in [6, 6.07) is 8.26. The summed E-state index contributed by atoms with van der Waals surface area (Å²) >= 11 is 9.30. The monoisotopic (exact) mass is 332 g/mol. The zero-order valence-electron chi connectivity index (χ0n) is 9.09. The Morgan fingerprint density at radius 3 is 2.39 bits per heavy atom. The van der Waals surface area contributed by atoms with E-state index < -0.39 is 11.6 Å². The van der Waals surface area contributed by atoms with Gasteiger partial charge >= 0.3 is 0 Å². The van der Waals surface area contributed by atoms with Crippen LogP contribution in [0.1, 0.15) is 5.56 Å². The van der Waals surface area contributed by atoms with Crippen molar-refractivity contribution < 1.29 is 13.5 Å². The summed E-state index contributed by atoms with van der Waals surface area (Å²) in [7, 11) is 0. The summed E-state index contributed by atoms with van der Waals surface area (Å²) < 4.78 is 31.4. The maximum atomic E-state index is 13.4. The van der Waals surface area contributed by atoms with Crippen molar-refractivity contribution in [1.82, 2.24) is 0 Å². The average Bonchev–Trinajstić information content (AvgIpc) is 2.34. The van der Waals surface area contributed by atoms with Crippen LogP contribution in [0.5, 0.6) is 11.5 Å². The van der Waals surface area contributed by atoms with Crippen molar-refractivity contribution in [3.63, 3.8) is 0 Å². The van der Waals surface area contributed by atoms with Gasteiger partial charge in [-0.1, -0.05) is 33.6 Å². The molecule has 0 heterocycles. The highest BCUT2D eigenvalue weighted by Crippen LogP contribution is 2.32. The summed E-state index contributed by atoms with van der Waals surface area (Å²) in [4.78, 5) is 0. The Kier molecular flexibility index (Phi) is 4.19. The minimum absolute atomic E-state index is 0.0649. The van der Waals surface area contributed by atoms with E-state index in [1.54, 1.807) is 18.2 Å². The molecule has 2 rings (SSSR count). The van der Waals surface area contributed by atoms with Crippen molar-refractivity contribution in [1.29, 1.82) is 0 Å². The Balaban J connectivity index is 2.28. The van der Waals surface area contributed by atoms with Crippen LogP contribution in [0.15, 0.2) is 36.4 Å². The predicted molar refractivity (Wildman–Crippen MR) is 70.5 cm³/mol. The van der Waals surface area contributed by atoms with E-state index in [1.807, 2.05) is 0 Å². The van der Waals surface area contributed by atoms with E-state index in [4.69, 9.17) is 16.3 Å². The van der Waals surface area contributed by atoms with Gasteiger partial charge in [-0.15, -0.1) is 0 Å². The number of rotatable bonds is 3. The van der Waals surface area contributed by atoms with Gasteiger partial charge < -0.3 is 4.74 Å². The fourth-order valence-corrected chi connectivity index (χ4v) is 1.98. The zero-order valence-corrected chi connectivity index (χ0v) is 11.4. The van der Waals surface area contributed by atoms with Crippen molar-refractivity contribution in [3.05, 3.63) is 58.6 Å². The van der Waals surface area contributed by atoms with Crippen molar-refractivity contribution >= 4 is 27.5 Å². The second-order valence-electron chi connectivity index (χ2n) is 3.58. The number of alkyl halides is 1. The van der Waals surface area contributed by atoms with Crippen LogP contribution in [0.2, 0.25) is 5.02 Å². The highest BCUT2D eigenvalue weighted by atomic mass is 79.9. The van der Waals surface area contributed by atoms with Crippen LogP contribution < -0.4 is 4.74 Å². The number of hydrogen-bond donors (Lipinski definition) is 0. The summed E-state index contributed by atoms with van der Waals surface area (Å²) in [6.45, 7) is 0. The summed E-state index contributed by atoms with van der Waals surface area (Å²) in [5, 5.41) is 1.04. The van der Waals surface area contributed by atoms with Gasteiger partial charge in [0.05, 0.1) is 5.02 Å². The highest BCUT2D eigenvalue weighted by molar-refractivity contribution is 9.08. The molecule has 2 aromatic rings. The number of hydrogen-bond acceptors (Lipinski definition) is 1. The highest BCUT2D eigenvalue weighted by Gasteiger charge is 2.09. The second kappa shape index (κ2) is 5.67. The first kappa shape index (κ1) is 13.3. The van der Waals surface area contributed by atoms with Crippen molar-refractivity contribution in [2.24, 2.45) is 0 Å². The molecule has 0 aliphatic heterocycles. The summed E-state index contributed by atoms with van der Waals surface area (Å²) in [6.07, 6.45) is 0. The van der Waals surface area contributed by atoms with Crippen LogP contribution in [-0.2, 0) is 5.33 Å². The fourth-order valence-electron chi connectivity index (χ4n) is 1.39. The van der Waals surface area contributed by atoms with Crippen LogP contribution >= 0.6 is 27.5 Å². The number of halogens is 4. The quantitative estimate of drug-likeness (QED) is 0.692. The van der Waals surface area contributed by atoms with Gasteiger partial charge in [-0.3, -0.25) is 0 Å². The van der Waals surface area contributed by atoms with E-state index >= 15 is 0 Å². The Hall–Kier alpha value is -1.13. The molecule has 0 aliphatic rings. The molecule has 0 atom stereocenters. The van der Waals surface area contributed by atoms with Gasteiger partial charge in [0.1, 0.15) is 11.6 Å². The smallest absolute Gasteiger partial charge is 0.168 e. The van der Waals surface area contributed by atoms with Crippen molar-refractivity contribution in [2.45, 2.75) is 5.33 Å². The lowest BCUT2D eigenvalue weighted by molar-refractivity contribution is 0.438. The summed E-state index contributed by atoms with van der Waals surface area (Å²) in [5.74, 6) is -1.16. The average molecular weight is 334 g/mol. The maximum Gasteiger partial charge on any atom is 0.168 e. The standard InChI is InChI=1S/C13H8BrClF2O/c14-7-8-1-3-12(10(15)5-8)18-13-4-2-9(16)6-11(13)17/h1-6H,7H2. The molecule has 0 fully saturated rings. The number of benzene rings is 2. The lowest BCUT2D eigenvalue weighted by Gasteiger charge is -2.09. The molecule has 0 bridgehead atoms. The molecule has 1 nitrogen and oxygen atoms in total. The first-order valence-corrected chi connectivity index (χ1v) is 6.57. The van der Waals surface area contributed by atoms with Gasteiger partial charge in [-0.25, -0.2) is 8.78 Å². The molecule has 0 saturated heterocycles. The van der Waals surface area contributed by atoms with Gasteiger partial charge in [-0.05, 0) is 29.8 Å². The van der Waals surface area contributed by atoms with Gasteiger partial charge in [0, 0.05) is 11.4 Å². The molecule has 0 unspecified atom stereocenters. The maximum absolute atomic E-state index is 13.4. The minimum Gasteiger partial charge on any atom is -0.453 e. The van der Waals surface area contributed by atoms with Crippen LogP contribution in [0, 0.1) is 11.6 Å². The molecular formula is C13H8BrClF2O. The lowest BCUT2D eigenvalue weighted by Crippen LogP contribution is -1.91. The van der Waals surface area contributed by atoms with Gasteiger partial charge in [-0.2, -0.15) is 0 Å². The van der Waals surface area contributed by atoms with E-state index in [-0.39, 0.29) is 5.75 Å². The molecule has 94 valence electrons. The Morgan fingerprint density at radius 1 is 1.06 bits per heavy atom. The molecule has 0 spiro atoms.